The van der Waals surface area contributed by atoms with Gasteiger partial charge in [0.25, 0.3) is 0 Å². The molecule has 0 bridgehead atoms. The first kappa shape index (κ1) is 18.2. The number of nitrogens with one attached hydrogen (secondary N) is 2. The van der Waals surface area contributed by atoms with E-state index in [-0.39, 0.29) is 11.5 Å². The number of nitrogens with zero attached hydrogens (tertiary/aromatic N) is 1. The van der Waals surface area contributed by atoms with Crippen molar-refractivity contribution in [3.8, 4) is 0 Å². The van der Waals surface area contributed by atoms with Gasteiger partial charge in [-0.3, -0.25) is 4.99 Å². The minimum Gasteiger partial charge on any atom is -0.379 e. The molecule has 1 atom stereocenters. The SMILES string of the molecule is CCC(CC)CNC(=NC)NCC(OC)C(C)(C)C. The van der Waals surface area contributed by atoms with Crippen LogP contribution in [0.2, 0.25) is 0 Å². The first-order valence-electron chi connectivity index (χ1n) is 7.36. The van der Waals surface area contributed by atoms with Gasteiger partial charge in [-0.05, 0) is 11.3 Å². The van der Waals surface area contributed by atoms with E-state index in [2.05, 4.69) is 50.2 Å². The quantitative estimate of drug-likeness (QED) is 0.553. The molecule has 0 aliphatic heterocycles. The molecule has 0 aliphatic rings. The van der Waals surface area contributed by atoms with Gasteiger partial charge in [0.2, 0.25) is 0 Å². The van der Waals surface area contributed by atoms with Crippen molar-refractivity contribution in [3.05, 3.63) is 0 Å². The molecular formula is C15H33N3O. The minimum absolute atomic E-state index is 0.121. The molecule has 0 saturated heterocycles. The van der Waals surface area contributed by atoms with Crippen molar-refractivity contribution in [1.82, 2.24) is 10.6 Å². The Morgan fingerprint density at radius 3 is 2.00 bits per heavy atom. The molecule has 0 amide bonds. The molecule has 19 heavy (non-hydrogen) atoms. The molecule has 4 nitrogen and oxygen atoms in total. The maximum atomic E-state index is 5.53. The molecule has 0 aromatic heterocycles. The lowest BCUT2D eigenvalue weighted by atomic mass is 9.89. The van der Waals surface area contributed by atoms with Gasteiger partial charge in [0.1, 0.15) is 0 Å². The molecule has 0 rings (SSSR count). The fourth-order valence-corrected chi connectivity index (χ4v) is 1.97. The third-order valence-corrected chi connectivity index (χ3v) is 3.64. The predicted octanol–water partition coefficient (Wildman–Crippen LogP) is 2.65. The Labute approximate surface area is 119 Å². The fraction of sp³-hybridized carbons (Fsp3) is 0.933. The van der Waals surface area contributed by atoms with Crippen LogP contribution in [0.1, 0.15) is 47.5 Å². The van der Waals surface area contributed by atoms with Crippen LogP contribution in [0.3, 0.4) is 0 Å². The largest absolute Gasteiger partial charge is 0.379 e. The van der Waals surface area contributed by atoms with Crippen molar-refractivity contribution in [1.29, 1.82) is 0 Å². The van der Waals surface area contributed by atoms with Gasteiger partial charge >= 0.3 is 0 Å². The number of hydrogen-bond donors (Lipinski definition) is 2. The second-order valence-corrected chi connectivity index (χ2v) is 6.11. The van der Waals surface area contributed by atoms with Gasteiger partial charge < -0.3 is 15.4 Å². The zero-order valence-electron chi connectivity index (χ0n) is 13.8. The predicted molar refractivity (Wildman–Crippen MR) is 83.7 cm³/mol. The van der Waals surface area contributed by atoms with Gasteiger partial charge in [-0.25, -0.2) is 0 Å². The molecule has 0 aromatic carbocycles. The van der Waals surface area contributed by atoms with Crippen LogP contribution in [0, 0.1) is 11.3 Å². The number of hydrogen-bond acceptors (Lipinski definition) is 2. The van der Waals surface area contributed by atoms with Crippen molar-refractivity contribution in [2.24, 2.45) is 16.3 Å². The van der Waals surface area contributed by atoms with E-state index in [4.69, 9.17) is 4.74 Å². The standard InChI is InChI=1S/C15H33N3O/c1-8-12(9-2)10-17-14(16-6)18-11-13(19-7)15(3,4)5/h12-13H,8-11H2,1-7H3,(H2,16,17,18). The van der Waals surface area contributed by atoms with E-state index in [1.807, 2.05) is 0 Å². The molecule has 0 aromatic rings. The van der Waals surface area contributed by atoms with Gasteiger partial charge in [0.05, 0.1) is 6.10 Å². The Balaban J connectivity index is 4.21. The van der Waals surface area contributed by atoms with Crippen LogP contribution < -0.4 is 10.6 Å². The monoisotopic (exact) mass is 271 g/mol. The summed E-state index contributed by atoms with van der Waals surface area (Å²) in [6.45, 7) is 12.7. The first-order valence-corrected chi connectivity index (χ1v) is 7.36. The van der Waals surface area contributed by atoms with E-state index in [0.717, 1.165) is 19.0 Å². The average Bonchev–Trinajstić information content (AvgIpc) is 2.36. The van der Waals surface area contributed by atoms with Crippen LogP contribution in [0.4, 0.5) is 0 Å². The van der Waals surface area contributed by atoms with Gasteiger partial charge in [-0.15, -0.1) is 0 Å². The zero-order chi connectivity index (χ0) is 14.9. The Bertz CT molecular complexity index is 255. The summed E-state index contributed by atoms with van der Waals surface area (Å²) in [5.41, 5.74) is 0.121. The van der Waals surface area contributed by atoms with E-state index in [1.165, 1.54) is 12.8 Å². The number of guanidine groups is 1. The third-order valence-electron chi connectivity index (χ3n) is 3.64. The van der Waals surface area contributed by atoms with E-state index in [0.29, 0.717) is 5.92 Å². The maximum Gasteiger partial charge on any atom is 0.191 e. The lowest BCUT2D eigenvalue weighted by molar-refractivity contribution is 0.0205. The summed E-state index contributed by atoms with van der Waals surface area (Å²) in [5.74, 6) is 1.57. The highest BCUT2D eigenvalue weighted by molar-refractivity contribution is 5.79. The number of methoxy groups -OCH3 is 1. The fourth-order valence-electron chi connectivity index (χ4n) is 1.97. The highest BCUT2D eigenvalue weighted by Gasteiger charge is 2.24. The number of ether oxygens (including phenoxy) is 1. The molecule has 4 heteroatoms. The van der Waals surface area contributed by atoms with Crippen LogP contribution in [0.5, 0.6) is 0 Å². The highest BCUT2D eigenvalue weighted by atomic mass is 16.5. The molecule has 0 aliphatic carbocycles. The minimum atomic E-state index is 0.121. The average molecular weight is 271 g/mol. The molecule has 0 radical (unpaired) electrons. The third kappa shape index (κ3) is 7.41. The normalized spacial score (nSPS) is 14.6. The summed E-state index contributed by atoms with van der Waals surface area (Å²) in [6.07, 6.45) is 2.56. The van der Waals surface area contributed by atoms with Crippen molar-refractivity contribution in [2.45, 2.75) is 53.6 Å². The molecule has 0 saturated carbocycles. The molecule has 0 spiro atoms. The Hall–Kier alpha value is -0.770. The summed E-state index contributed by atoms with van der Waals surface area (Å²) in [6, 6.07) is 0. The smallest absolute Gasteiger partial charge is 0.191 e. The van der Waals surface area contributed by atoms with E-state index >= 15 is 0 Å². The molecular weight excluding hydrogens is 238 g/mol. The topological polar surface area (TPSA) is 45.7 Å². The van der Waals surface area contributed by atoms with Crippen LogP contribution in [0.25, 0.3) is 0 Å². The number of rotatable bonds is 7. The van der Waals surface area contributed by atoms with Gasteiger partial charge in [-0.1, -0.05) is 47.5 Å². The van der Waals surface area contributed by atoms with E-state index in [9.17, 15) is 0 Å². The Morgan fingerprint density at radius 1 is 1.11 bits per heavy atom. The molecule has 0 fully saturated rings. The lowest BCUT2D eigenvalue weighted by Gasteiger charge is -2.30. The van der Waals surface area contributed by atoms with Gasteiger partial charge in [0, 0.05) is 27.2 Å². The van der Waals surface area contributed by atoms with Crippen molar-refractivity contribution in [2.75, 3.05) is 27.2 Å². The lowest BCUT2D eigenvalue weighted by Crippen LogP contribution is -2.46. The number of aliphatic imine (C=N–C) groups is 1. The Kier molecular flexibility index (Phi) is 8.81. The molecule has 1 unspecified atom stereocenters. The summed E-state index contributed by atoms with van der Waals surface area (Å²) in [7, 11) is 3.57. The van der Waals surface area contributed by atoms with Crippen LogP contribution in [-0.4, -0.2) is 39.3 Å². The van der Waals surface area contributed by atoms with Gasteiger partial charge in [0.15, 0.2) is 5.96 Å². The zero-order valence-corrected chi connectivity index (χ0v) is 13.8. The summed E-state index contributed by atoms with van der Waals surface area (Å²) >= 11 is 0. The maximum absolute atomic E-state index is 5.53. The highest BCUT2D eigenvalue weighted by Crippen LogP contribution is 2.20. The van der Waals surface area contributed by atoms with Crippen molar-refractivity contribution < 1.29 is 4.74 Å². The van der Waals surface area contributed by atoms with Crippen molar-refractivity contribution >= 4 is 5.96 Å². The van der Waals surface area contributed by atoms with Crippen LogP contribution >= 0.6 is 0 Å². The summed E-state index contributed by atoms with van der Waals surface area (Å²) in [4.78, 5) is 4.26. The molecule has 0 heterocycles. The van der Waals surface area contributed by atoms with Crippen molar-refractivity contribution in [3.63, 3.8) is 0 Å². The first-order chi connectivity index (χ1) is 8.88. The summed E-state index contributed by atoms with van der Waals surface area (Å²) < 4.78 is 5.53. The van der Waals surface area contributed by atoms with E-state index < -0.39 is 0 Å². The van der Waals surface area contributed by atoms with Crippen LogP contribution in [-0.2, 0) is 4.74 Å². The second kappa shape index (κ2) is 9.18. The van der Waals surface area contributed by atoms with Crippen LogP contribution in [0.15, 0.2) is 4.99 Å². The van der Waals surface area contributed by atoms with E-state index in [1.54, 1.807) is 14.2 Å². The molecule has 2 N–H and O–H groups in total. The Morgan fingerprint density at radius 2 is 1.63 bits per heavy atom. The summed E-state index contributed by atoms with van der Waals surface area (Å²) in [5, 5.41) is 6.73. The molecule has 114 valence electrons. The second-order valence-electron chi connectivity index (χ2n) is 6.11. The van der Waals surface area contributed by atoms with Gasteiger partial charge in [-0.2, -0.15) is 0 Å².